The van der Waals surface area contributed by atoms with Gasteiger partial charge in [0.25, 0.3) is 0 Å². The topological polar surface area (TPSA) is 62.4 Å². The van der Waals surface area contributed by atoms with Crippen LogP contribution in [0.5, 0.6) is 0 Å². The highest BCUT2D eigenvalue weighted by molar-refractivity contribution is 5.95. The lowest BCUT2D eigenvalue weighted by Gasteiger charge is -2.12. The van der Waals surface area contributed by atoms with E-state index in [0.717, 1.165) is 30.2 Å². The third-order valence-corrected chi connectivity index (χ3v) is 4.94. The van der Waals surface area contributed by atoms with Crippen molar-refractivity contribution < 1.29 is 9.53 Å². The van der Waals surface area contributed by atoms with Gasteiger partial charge in [0.1, 0.15) is 6.04 Å². The van der Waals surface area contributed by atoms with E-state index in [9.17, 15) is 4.79 Å². The predicted molar refractivity (Wildman–Crippen MR) is 101 cm³/mol. The van der Waals surface area contributed by atoms with Crippen molar-refractivity contribution >= 4 is 11.6 Å². The Labute approximate surface area is 154 Å². The van der Waals surface area contributed by atoms with E-state index in [1.165, 1.54) is 18.4 Å². The molecule has 2 aromatic carbocycles. The van der Waals surface area contributed by atoms with Crippen LogP contribution in [0.2, 0.25) is 0 Å². The van der Waals surface area contributed by atoms with Gasteiger partial charge in [0.15, 0.2) is 0 Å². The van der Waals surface area contributed by atoms with Crippen LogP contribution in [0.25, 0.3) is 0 Å². The van der Waals surface area contributed by atoms with E-state index in [0.29, 0.717) is 6.61 Å². The Hall–Kier alpha value is -2.21. The van der Waals surface area contributed by atoms with Gasteiger partial charge >= 0.3 is 0 Å². The van der Waals surface area contributed by atoms with Gasteiger partial charge in [-0.25, -0.2) is 10.9 Å². The summed E-state index contributed by atoms with van der Waals surface area (Å²) in [4.78, 5) is 12.6. The van der Waals surface area contributed by atoms with Crippen LogP contribution in [0.3, 0.4) is 0 Å². The average molecular weight is 351 g/mol. The summed E-state index contributed by atoms with van der Waals surface area (Å²) in [5.74, 6) is 0.739. The van der Waals surface area contributed by atoms with Crippen molar-refractivity contribution in [2.75, 3.05) is 11.9 Å². The highest BCUT2D eigenvalue weighted by Crippen LogP contribution is 2.29. The monoisotopic (exact) mass is 351 g/mol. The number of hydrazine groups is 1. The molecule has 2 aliphatic rings. The standard InChI is InChI=1S/C21H25N3O2/c25-21(20-12-19(23-24-20)17-6-2-1-3-7-17)22-18-8-4-5-16(11-18)14-26-13-15-9-10-15/h1-8,11,15,19-20,23-24H,9-10,12-14H2,(H,22,25). The summed E-state index contributed by atoms with van der Waals surface area (Å²) in [5.41, 5.74) is 9.41. The molecule has 0 radical (unpaired) electrons. The average Bonchev–Trinajstić information content (AvgIpc) is 3.35. The van der Waals surface area contributed by atoms with Crippen LogP contribution in [-0.4, -0.2) is 18.6 Å². The summed E-state index contributed by atoms with van der Waals surface area (Å²) in [5, 5.41) is 3.01. The molecule has 2 unspecified atom stereocenters. The van der Waals surface area contributed by atoms with Crippen molar-refractivity contribution in [3.05, 3.63) is 65.7 Å². The molecule has 0 bridgehead atoms. The Morgan fingerprint density at radius 2 is 1.92 bits per heavy atom. The maximum Gasteiger partial charge on any atom is 0.242 e. The third kappa shape index (κ3) is 4.49. The molecule has 4 rings (SSSR count). The van der Waals surface area contributed by atoms with E-state index in [1.807, 2.05) is 42.5 Å². The van der Waals surface area contributed by atoms with Gasteiger partial charge < -0.3 is 10.1 Å². The molecule has 5 nitrogen and oxygen atoms in total. The van der Waals surface area contributed by atoms with Gasteiger partial charge in [-0.05, 0) is 48.4 Å². The van der Waals surface area contributed by atoms with Crippen LogP contribution in [0.4, 0.5) is 5.69 Å². The Balaban J connectivity index is 1.30. The quantitative estimate of drug-likeness (QED) is 0.717. The zero-order valence-corrected chi connectivity index (χ0v) is 14.8. The highest BCUT2D eigenvalue weighted by atomic mass is 16.5. The summed E-state index contributed by atoms with van der Waals surface area (Å²) in [6, 6.07) is 18.0. The van der Waals surface area contributed by atoms with Crippen molar-refractivity contribution in [3.8, 4) is 0 Å². The minimum absolute atomic E-state index is 0.0213. The van der Waals surface area contributed by atoms with Gasteiger partial charge in [-0.1, -0.05) is 42.5 Å². The molecule has 1 aliphatic heterocycles. The zero-order valence-electron chi connectivity index (χ0n) is 14.8. The molecule has 0 spiro atoms. The van der Waals surface area contributed by atoms with Crippen LogP contribution in [0.15, 0.2) is 54.6 Å². The van der Waals surface area contributed by atoms with E-state index < -0.39 is 0 Å². The van der Waals surface area contributed by atoms with Crippen LogP contribution in [0, 0.1) is 5.92 Å². The van der Waals surface area contributed by atoms with Gasteiger partial charge in [-0.3, -0.25) is 4.79 Å². The van der Waals surface area contributed by atoms with E-state index >= 15 is 0 Å². The normalized spacial score (nSPS) is 22.3. The third-order valence-electron chi connectivity index (χ3n) is 4.94. The van der Waals surface area contributed by atoms with Crippen molar-refractivity contribution in [3.63, 3.8) is 0 Å². The lowest BCUT2D eigenvalue weighted by Crippen LogP contribution is -2.39. The second-order valence-electron chi connectivity index (χ2n) is 7.19. The number of ether oxygens (including phenoxy) is 1. The molecular weight excluding hydrogens is 326 g/mol. The predicted octanol–water partition coefficient (Wildman–Crippen LogP) is 3.16. The van der Waals surface area contributed by atoms with Crippen LogP contribution in [0.1, 0.15) is 36.4 Å². The number of anilines is 1. The molecule has 0 aromatic heterocycles. The summed E-state index contributed by atoms with van der Waals surface area (Å²) >= 11 is 0. The molecule has 5 heteroatoms. The Morgan fingerprint density at radius 1 is 1.08 bits per heavy atom. The molecular formula is C21H25N3O2. The fraction of sp³-hybridized carbons (Fsp3) is 0.381. The number of hydrogen-bond acceptors (Lipinski definition) is 4. The number of hydrogen-bond donors (Lipinski definition) is 3. The second-order valence-corrected chi connectivity index (χ2v) is 7.19. The maximum absolute atomic E-state index is 12.6. The van der Waals surface area contributed by atoms with E-state index in [2.05, 4.69) is 28.3 Å². The largest absolute Gasteiger partial charge is 0.376 e. The molecule has 1 saturated carbocycles. The first-order valence-corrected chi connectivity index (χ1v) is 9.31. The van der Waals surface area contributed by atoms with Gasteiger partial charge in [-0.2, -0.15) is 0 Å². The fourth-order valence-corrected chi connectivity index (χ4v) is 3.23. The molecule has 26 heavy (non-hydrogen) atoms. The number of rotatable bonds is 7. The number of carbonyl (C=O) groups excluding carboxylic acids is 1. The van der Waals surface area contributed by atoms with Gasteiger partial charge in [0.2, 0.25) is 5.91 Å². The first-order valence-electron chi connectivity index (χ1n) is 9.31. The zero-order chi connectivity index (χ0) is 17.8. The molecule has 1 amide bonds. The minimum atomic E-state index is -0.255. The number of benzene rings is 2. The number of carbonyl (C=O) groups is 1. The smallest absolute Gasteiger partial charge is 0.242 e. The van der Waals surface area contributed by atoms with Crippen molar-refractivity contribution in [2.45, 2.75) is 38.0 Å². The molecule has 2 aromatic rings. The summed E-state index contributed by atoms with van der Waals surface area (Å²) in [6.45, 7) is 1.44. The number of nitrogens with one attached hydrogen (secondary N) is 3. The Kier molecular flexibility index (Phi) is 5.29. The van der Waals surface area contributed by atoms with Crippen LogP contribution in [-0.2, 0) is 16.1 Å². The van der Waals surface area contributed by atoms with Crippen molar-refractivity contribution in [1.29, 1.82) is 0 Å². The fourth-order valence-electron chi connectivity index (χ4n) is 3.23. The number of amides is 1. The Morgan fingerprint density at radius 3 is 2.73 bits per heavy atom. The van der Waals surface area contributed by atoms with E-state index in [1.54, 1.807) is 0 Å². The Bertz CT molecular complexity index is 746. The van der Waals surface area contributed by atoms with Gasteiger partial charge in [0.05, 0.1) is 6.61 Å². The summed E-state index contributed by atoms with van der Waals surface area (Å²) in [7, 11) is 0. The lowest BCUT2D eigenvalue weighted by atomic mass is 10.0. The van der Waals surface area contributed by atoms with Gasteiger partial charge in [-0.15, -0.1) is 0 Å². The SMILES string of the molecule is O=C(Nc1cccc(COCC2CC2)c1)C1CC(c2ccccc2)NN1. The molecule has 1 heterocycles. The van der Waals surface area contributed by atoms with E-state index in [4.69, 9.17) is 4.74 Å². The molecule has 1 aliphatic carbocycles. The van der Waals surface area contributed by atoms with Crippen LogP contribution < -0.4 is 16.2 Å². The minimum Gasteiger partial charge on any atom is -0.376 e. The summed E-state index contributed by atoms with van der Waals surface area (Å²) in [6.07, 6.45) is 3.31. The molecule has 1 saturated heterocycles. The first-order chi connectivity index (χ1) is 12.8. The van der Waals surface area contributed by atoms with Crippen molar-refractivity contribution in [1.82, 2.24) is 10.9 Å². The first kappa shape index (κ1) is 17.2. The molecule has 3 N–H and O–H groups in total. The summed E-state index contributed by atoms with van der Waals surface area (Å²) < 4.78 is 5.73. The second kappa shape index (κ2) is 7.99. The lowest BCUT2D eigenvalue weighted by molar-refractivity contribution is -0.117. The molecule has 2 atom stereocenters. The van der Waals surface area contributed by atoms with E-state index in [-0.39, 0.29) is 18.0 Å². The molecule has 136 valence electrons. The van der Waals surface area contributed by atoms with Crippen molar-refractivity contribution in [2.24, 2.45) is 5.92 Å². The highest BCUT2D eigenvalue weighted by Gasteiger charge is 2.30. The van der Waals surface area contributed by atoms with Gasteiger partial charge in [0, 0.05) is 18.3 Å². The molecule has 2 fully saturated rings. The van der Waals surface area contributed by atoms with Crippen LogP contribution >= 0.6 is 0 Å². The maximum atomic E-state index is 12.6.